The van der Waals surface area contributed by atoms with Gasteiger partial charge < -0.3 is 0 Å². The third kappa shape index (κ3) is 1.69. The van der Waals surface area contributed by atoms with E-state index in [4.69, 9.17) is 0 Å². The zero-order valence-electron chi connectivity index (χ0n) is 9.95. The van der Waals surface area contributed by atoms with E-state index < -0.39 is 0 Å². The van der Waals surface area contributed by atoms with Crippen LogP contribution in [-0.4, -0.2) is 15.0 Å². The Kier molecular flexibility index (Phi) is 2.28. The van der Waals surface area contributed by atoms with Crippen LogP contribution in [0.2, 0.25) is 0 Å². The number of aromatic nitrogens is 3. The van der Waals surface area contributed by atoms with Crippen molar-refractivity contribution in [3.05, 3.63) is 55.0 Å². The fraction of sp³-hybridized carbons (Fsp3) is 0. The highest BCUT2D eigenvalue weighted by Gasteiger charge is 2.10. The molecule has 4 rings (SSSR count). The third-order valence-corrected chi connectivity index (χ3v) is 4.17. The second kappa shape index (κ2) is 4.10. The highest BCUT2D eigenvalue weighted by atomic mass is 32.1. The van der Waals surface area contributed by atoms with Crippen molar-refractivity contribution < 1.29 is 0 Å². The molecule has 0 N–H and O–H groups in total. The highest BCUT2D eigenvalue weighted by Crippen LogP contribution is 2.34. The number of thiophene rings is 1. The lowest BCUT2D eigenvalue weighted by atomic mass is 10.2. The summed E-state index contributed by atoms with van der Waals surface area (Å²) >= 11 is 1.73. The topological polar surface area (TPSA) is 38.7 Å². The van der Waals surface area contributed by atoms with Gasteiger partial charge in [-0.25, -0.2) is 0 Å². The lowest BCUT2D eigenvalue weighted by Gasteiger charge is -2.00. The Labute approximate surface area is 113 Å². The standard InChI is InChI=1S/C15H9N3S/c1-2-4-12-10(3-1)9-13(19-12)15-14-11(5-6-17-15)16-7-8-18-14/h1-9H. The van der Waals surface area contributed by atoms with Gasteiger partial charge in [0.15, 0.2) is 0 Å². The van der Waals surface area contributed by atoms with Crippen LogP contribution < -0.4 is 0 Å². The molecule has 19 heavy (non-hydrogen) atoms. The summed E-state index contributed by atoms with van der Waals surface area (Å²) < 4.78 is 1.26. The molecule has 0 saturated heterocycles. The van der Waals surface area contributed by atoms with Crippen LogP contribution in [0.5, 0.6) is 0 Å². The molecule has 0 aliphatic rings. The zero-order chi connectivity index (χ0) is 12.7. The van der Waals surface area contributed by atoms with Gasteiger partial charge in [-0.05, 0) is 23.6 Å². The molecule has 3 nitrogen and oxygen atoms in total. The van der Waals surface area contributed by atoms with E-state index in [1.54, 1.807) is 29.9 Å². The van der Waals surface area contributed by atoms with E-state index in [0.717, 1.165) is 21.6 Å². The highest BCUT2D eigenvalue weighted by molar-refractivity contribution is 7.22. The van der Waals surface area contributed by atoms with Crippen LogP contribution in [0.4, 0.5) is 0 Å². The van der Waals surface area contributed by atoms with E-state index >= 15 is 0 Å². The Morgan fingerprint density at radius 2 is 1.74 bits per heavy atom. The first-order valence-electron chi connectivity index (χ1n) is 5.96. The van der Waals surface area contributed by atoms with Crippen LogP contribution in [0.1, 0.15) is 0 Å². The predicted molar refractivity (Wildman–Crippen MR) is 78.2 cm³/mol. The fourth-order valence-corrected chi connectivity index (χ4v) is 3.24. The Hall–Kier alpha value is -2.33. The molecular weight excluding hydrogens is 254 g/mol. The van der Waals surface area contributed by atoms with Gasteiger partial charge in [0, 0.05) is 23.3 Å². The number of pyridine rings is 1. The normalized spacial score (nSPS) is 11.2. The van der Waals surface area contributed by atoms with E-state index in [0.29, 0.717) is 0 Å². The lowest BCUT2D eigenvalue weighted by molar-refractivity contribution is 1.25. The first kappa shape index (κ1) is 10.6. The molecule has 0 aliphatic carbocycles. The first-order valence-corrected chi connectivity index (χ1v) is 6.78. The molecule has 3 aromatic heterocycles. The van der Waals surface area contributed by atoms with Crippen molar-refractivity contribution in [1.82, 2.24) is 15.0 Å². The fourth-order valence-electron chi connectivity index (χ4n) is 2.18. The molecule has 4 heteroatoms. The summed E-state index contributed by atoms with van der Waals surface area (Å²) in [6.45, 7) is 0. The summed E-state index contributed by atoms with van der Waals surface area (Å²) in [5.74, 6) is 0. The first-order chi connectivity index (χ1) is 9.42. The summed E-state index contributed by atoms with van der Waals surface area (Å²) in [5.41, 5.74) is 2.65. The van der Waals surface area contributed by atoms with E-state index in [1.807, 2.05) is 6.07 Å². The summed E-state index contributed by atoms with van der Waals surface area (Å²) in [6.07, 6.45) is 5.20. The Morgan fingerprint density at radius 1 is 0.842 bits per heavy atom. The summed E-state index contributed by atoms with van der Waals surface area (Å²) in [7, 11) is 0. The predicted octanol–water partition coefficient (Wildman–Crippen LogP) is 3.91. The van der Waals surface area contributed by atoms with Gasteiger partial charge in [0.2, 0.25) is 0 Å². The zero-order valence-corrected chi connectivity index (χ0v) is 10.8. The molecule has 0 fully saturated rings. The van der Waals surface area contributed by atoms with Gasteiger partial charge in [0.25, 0.3) is 0 Å². The molecule has 3 heterocycles. The molecule has 0 amide bonds. The number of benzene rings is 1. The second-order valence-corrected chi connectivity index (χ2v) is 5.32. The second-order valence-electron chi connectivity index (χ2n) is 4.23. The van der Waals surface area contributed by atoms with Crippen LogP contribution in [-0.2, 0) is 0 Å². The van der Waals surface area contributed by atoms with Crippen molar-refractivity contribution in [3.63, 3.8) is 0 Å². The van der Waals surface area contributed by atoms with Crippen LogP contribution >= 0.6 is 11.3 Å². The minimum absolute atomic E-state index is 0.858. The van der Waals surface area contributed by atoms with Crippen molar-refractivity contribution in [2.24, 2.45) is 0 Å². The molecule has 0 bridgehead atoms. The van der Waals surface area contributed by atoms with Crippen molar-refractivity contribution in [2.75, 3.05) is 0 Å². The van der Waals surface area contributed by atoms with Gasteiger partial charge in [-0.1, -0.05) is 18.2 Å². The number of rotatable bonds is 1. The van der Waals surface area contributed by atoms with Crippen LogP contribution in [0.15, 0.2) is 55.0 Å². The summed E-state index contributed by atoms with van der Waals surface area (Å²) in [6, 6.07) is 12.4. The molecule has 90 valence electrons. The van der Waals surface area contributed by atoms with E-state index in [9.17, 15) is 0 Å². The number of fused-ring (bicyclic) bond motifs is 2. The van der Waals surface area contributed by atoms with E-state index in [2.05, 4.69) is 45.3 Å². The Balaban J connectivity index is 2.03. The molecule has 0 spiro atoms. The third-order valence-electron chi connectivity index (χ3n) is 3.05. The maximum absolute atomic E-state index is 4.48. The van der Waals surface area contributed by atoms with E-state index in [1.165, 1.54) is 10.1 Å². The van der Waals surface area contributed by atoms with Crippen molar-refractivity contribution in [1.29, 1.82) is 0 Å². The number of nitrogens with zero attached hydrogens (tertiary/aromatic N) is 3. The minimum Gasteiger partial charge on any atom is -0.253 e. The average molecular weight is 263 g/mol. The van der Waals surface area contributed by atoms with Crippen LogP contribution in [0.3, 0.4) is 0 Å². The maximum Gasteiger partial charge on any atom is 0.116 e. The van der Waals surface area contributed by atoms with Crippen LogP contribution in [0.25, 0.3) is 31.7 Å². The Morgan fingerprint density at radius 3 is 2.68 bits per heavy atom. The Bertz CT molecular complexity index is 844. The quantitative estimate of drug-likeness (QED) is 0.522. The number of hydrogen-bond donors (Lipinski definition) is 0. The van der Waals surface area contributed by atoms with Gasteiger partial charge in [0.1, 0.15) is 11.2 Å². The summed E-state index contributed by atoms with van der Waals surface area (Å²) in [4.78, 5) is 14.3. The SMILES string of the molecule is c1ccc2sc(-c3nccc4nccnc34)cc2c1. The molecule has 0 atom stereocenters. The monoisotopic (exact) mass is 263 g/mol. The van der Waals surface area contributed by atoms with Crippen molar-refractivity contribution in [3.8, 4) is 10.6 Å². The molecule has 4 aromatic rings. The van der Waals surface area contributed by atoms with Gasteiger partial charge >= 0.3 is 0 Å². The average Bonchev–Trinajstić information content (AvgIpc) is 2.90. The van der Waals surface area contributed by atoms with Crippen molar-refractivity contribution >= 4 is 32.5 Å². The largest absolute Gasteiger partial charge is 0.253 e. The maximum atomic E-state index is 4.48. The molecule has 1 aromatic carbocycles. The van der Waals surface area contributed by atoms with Gasteiger partial charge in [0.05, 0.1) is 10.4 Å². The summed E-state index contributed by atoms with van der Waals surface area (Å²) in [5, 5.41) is 1.24. The lowest BCUT2D eigenvalue weighted by Crippen LogP contribution is -1.88. The molecule has 0 aliphatic heterocycles. The number of hydrogen-bond acceptors (Lipinski definition) is 4. The van der Waals surface area contributed by atoms with Gasteiger partial charge in [-0.15, -0.1) is 11.3 Å². The van der Waals surface area contributed by atoms with Crippen LogP contribution in [0, 0.1) is 0 Å². The molecule has 0 radical (unpaired) electrons. The molecule has 0 unspecified atom stereocenters. The van der Waals surface area contributed by atoms with Crippen molar-refractivity contribution in [2.45, 2.75) is 0 Å². The minimum atomic E-state index is 0.858. The smallest absolute Gasteiger partial charge is 0.116 e. The van der Waals surface area contributed by atoms with Gasteiger partial charge in [-0.3, -0.25) is 15.0 Å². The van der Waals surface area contributed by atoms with E-state index in [-0.39, 0.29) is 0 Å². The molecular formula is C15H9N3S. The molecule has 0 saturated carbocycles. The van der Waals surface area contributed by atoms with Gasteiger partial charge in [-0.2, -0.15) is 0 Å².